The first-order valence-electron chi connectivity index (χ1n) is 5.45. The molecule has 0 spiro atoms. The molecule has 88 valence electrons. The highest BCUT2D eigenvalue weighted by molar-refractivity contribution is 9.10. The quantitative estimate of drug-likeness (QED) is 0.805. The van der Waals surface area contributed by atoms with E-state index < -0.39 is 0 Å². The lowest BCUT2D eigenvalue weighted by molar-refractivity contribution is 0.457. The van der Waals surface area contributed by atoms with Crippen LogP contribution in [0.15, 0.2) is 34.9 Å². The van der Waals surface area contributed by atoms with Crippen LogP contribution in [-0.2, 0) is 6.42 Å². The van der Waals surface area contributed by atoms with Gasteiger partial charge in [-0.2, -0.15) is 4.98 Å². The van der Waals surface area contributed by atoms with Crippen molar-refractivity contribution in [1.82, 2.24) is 9.97 Å². The van der Waals surface area contributed by atoms with Crippen LogP contribution in [-0.4, -0.2) is 9.97 Å². The Kier molecular flexibility index (Phi) is 3.74. The van der Waals surface area contributed by atoms with Gasteiger partial charge in [-0.3, -0.25) is 0 Å². The number of benzene rings is 1. The maximum absolute atomic E-state index is 5.70. The van der Waals surface area contributed by atoms with Crippen LogP contribution in [0.5, 0.6) is 11.6 Å². The van der Waals surface area contributed by atoms with Crippen LogP contribution in [0.2, 0.25) is 0 Å². The molecule has 0 saturated carbocycles. The van der Waals surface area contributed by atoms with E-state index >= 15 is 0 Å². The summed E-state index contributed by atoms with van der Waals surface area (Å²) in [6.45, 7) is 4.04. The van der Waals surface area contributed by atoms with Crippen molar-refractivity contribution in [2.24, 2.45) is 0 Å². The molecule has 17 heavy (non-hydrogen) atoms. The van der Waals surface area contributed by atoms with Crippen LogP contribution in [0.25, 0.3) is 0 Å². The zero-order valence-corrected chi connectivity index (χ0v) is 11.4. The monoisotopic (exact) mass is 292 g/mol. The molecule has 0 bridgehead atoms. The normalized spacial score (nSPS) is 10.3. The van der Waals surface area contributed by atoms with Crippen molar-refractivity contribution in [1.29, 1.82) is 0 Å². The fraction of sp³-hybridized carbons (Fsp3) is 0.231. The number of rotatable bonds is 3. The van der Waals surface area contributed by atoms with E-state index in [9.17, 15) is 0 Å². The van der Waals surface area contributed by atoms with Gasteiger partial charge in [0.2, 0.25) is 5.88 Å². The van der Waals surface area contributed by atoms with E-state index in [2.05, 4.69) is 25.9 Å². The van der Waals surface area contributed by atoms with Crippen LogP contribution in [0.1, 0.15) is 18.3 Å². The third-order valence-electron chi connectivity index (χ3n) is 2.25. The van der Waals surface area contributed by atoms with Crippen LogP contribution >= 0.6 is 15.9 Å². The van der Waals surface area contributed by atoms with Crippen molar-refractivity contribution >= 4 is 15.9 Å². The van der Waals surface area contributed by atoms with Gasteiger partial charge in [0.25, 0.3) is 0 Å². The minimum Gasteiger partial charge on any atom is -0.439 e. The molecule has 0 fully saturated rings. The second-order valence-corrected chi connectivity index (χ2v) is 4.53. The molecule has 0 amide bonds. The Hall–Kier alpha value is -1.42. The van der Waals surface area contributed by atoms with Gasteiger partial charge in [0.15, 0.2) is 0 Å². The highest BCUT2D eigenvalue weighted by Gasteiger charge is 2.04. The Bertz CT molecular complexity index is 529. The largest absolute Gasteiger partial charge is 0.439 e. The van der Waals surface area contributed by atoms with Gasteiger partial charge >= 0.3 is 0 Å². The number of halogens is 1. The second-order valence-electron chi connectivity index (χ2n) is 3.72. The fourth-order valence-electron chi connectivity index (χ4n) is 1.45. The maximum Gasteiger partial charge on any atom is 0.223 e. The summed E-state index contributed by atoms with van der Waals surface area (Å²) in [5.41, 5.74) is 1.16. The van der Waals surface area contributed by atoms with Gasteiger partial charge in [0.1, 0.15) is 16.2 Å². The molecular weight excluding hydrogens is 280 g/mol. The molecular formula is C13H13BrN2O. The summed E-state index contributed by atoms with van der Waals surface area (Å²) in [6.07, 6.45) is 0.781. The summed E-state index contributed by atoms with van der Waals surface area (Å²) in [4.78, 5) is 8.55. The van der Waals surface area contributed by atoms with Crippen molar-refractivity contribution < 1.29 is 4.74 Å². The van der Waals surface area contributed by atoms with Gasteiger partial charge < -0.3 is 4.74 Å². The molecule has 0 atom stereocenters. The van der Waals surface area contributed by atoms with Crippen molar-refractivity contribution in [3.8, 4) is 11.6 Å². The predicted octanol–water partition coefficient (Wildman–Crippen LogP) is 3.90. The van der Waals surface area contributed by atoms with Gasteiger partial charge in [-0.15, -0.1) is 0 Å². The zero-order valence-electron chi connectivity index (χ0n) is 9.77. The molecule has 0 aliphatic carbocycles. The smallest absolute Gasteiger partial charge is 0.223 e. The number of hydrogen-bond acceptors (Lipinski definition) is 3. The molecule has 0 aliphatic heterocycles. The van der Waals surface area contributed by atoms with Crippen molar-refractivity contribution in [3.63, 3.8) is 0 Å². The SMILES string of the molecule is CCc1nc(Br)cc(Oc2cccc(C)c2)n1. The molecule has 2 rings (SSSR count). The Morgan fingerprint density at radius 1 is 1.24 bits per heavy atom. The van der Waals surface area contributed by atoms with Crippen molar-refractivity contribution in [3.05, 3.63) is 46.3 Å². The first-order valence-corrected chi connectivity index (χ1v) is 6.24. The van der Waals surface area contributed by atoms with E-state index in [-0.39, 0.29) is 0 Å². The Morgan fingerprint density at radius 3 is 2.76 bits per heavy atom. The lowest BCUT2D eigenvalue weighted by atomic mass is 10.2. The highest BCUT2D eigenvalue weighted by Crippen LogP contribution is 2.22. The standard InChI is InChI=1S/C13H13BrN2O/c1-3-12-15-11(14)8-13(16-12)17-10-6-4-5-9(2)7-10/h4-8H,3H2,1-2H3. The topological polar surface area (TPSA) is 35.0 Å². The Balaban J connectivity index is 2.26. The summed E-state index contributed by atoms with van der Waals surface area (Å²) in [7, 11) is 0. The number of nitrogens with zero attached hydrogens (tertiary/aromatic N) is 2. The van der Waals surface area contributed by atoms with E-state index in [0.29, 0.717) is 5.88 Å². The van der Waals surface area contributed by atoms with E-state index in [1.54, 1.807) is 6.07 Å². The molecule has 1 heterocycles. The minimum absolute atomic E-state index is 0.564. The number of hydrogen-bond donors (Lipinski definition) is 0. The average Bonchev–Trinajstić information content (AvgIpc) is 2.28. The first kappa shape index (κ1) is 12.0. The summed E-state index contributed by atoms with van der Waals surface area (Å²) in [5, 5.41) is 0. The van der Waals surface area contributed by atoms with Gasteiger partial charge in [-0.25, -0.2) is 4.98 Å². The van der Waals surface area contributed by atoms with Crippen LogP contribution in [0.3, 0.4) is 0 Å². The lowest BCUT2D eigenvalue weighted by Crippen LogP contribution is -1.96. The van der Waals surface area contributed by atoms with Gasteiger partial charge in [0, 0.05) is 12.5 Å². The van der Waals surface area contributed by atoms with Crippen LogP contribution in [0, 0.1) is 6.92 Å². The van der Waals surface area contributed by atoms with E-state index in [0.717, 1.165) is 28.2 Å². The van der Waals surface area contributed by atoms with E-state index in [4.69, 9.17) is 4.74 Å². The predicted molar refractivity (Wildman–Crippen MR) is 70.4 cm³/mol. The molecule has 0 unspecified atom stereocenters. The summed E-state index contributed by atoms with van der Waals surface area (Å²) < 4.78 is 6.44. The van der Waals surface area contributed by atoms with E-state index in [1.807, 2.05) is 38.1 Å². The summed E-state index contributed by atoms with van der Waals surface area (Å²) in [5.74, 6) is 2.12. The van der Waals surface area contributed by atoms with Crippen LogP contribution in [0.4, 0.5) is 0 Å². The maximum atomic E-state index is 5.70. The fourth-order valence-corrected chi connectivity index (χ4v) is 1.85. The van der Waals surface area contributed by atoms with E-state index in [1.165, 1.54) is 0 Å². The van der Waals surface area contributed by atoms with Gasteiger partial charge in [-0.05, 0) is 40.5 Å². The molecule has 4 heteroatoms. The molecule has 0 radical (unpaired) electrons. The Labute approximate surface area is 109 Å². The second kappa shape index (κ2) is 5.27. The van der Waals surface area contributed by atoms with Gasteiger partial charge in [0.05, 0.1) is 0 Å². The highest BCUT2D eigenvalue weighted by atomic mass is 79.9. The summed E-state index contributed by atoms with van der Waals surface area (Å²) in [6, 6.07) is 9.64. The lowest BCUT2D eigenvalue weighted by Gasteiger charge is -2.06. The number of ether oxygens (including phenoxy) is 1. The summed E-state index contributed by atoms with van der Waals surface area (Å²) >= 11 is 3.35. The zero-order chi connectivity index (χ0) is 12.3. The molecule has 2 aromatic rings. The Morgan fingerprint density at radius 2 is 2.06 bits per heavy atom. The van der Waals surface area contributed by atoms with Gasteiger partial charge in [-0.1, -0.05) is 19.1 Å². The number of aryl methyl sites for hydroxylation is 2. The molecule has 0 aliphatic rings. The third kappa shape index (κ3) is 3.27. The third-order valence-corrected chi connectivity index (χ3v) is 2.65. The molecule has 3 nitrogen and oxygen atoms in total. The molecule has 1 aromatic heterocycles. The average molecular weight is 293 g/mol. The van der Waals surface area contributed by atoms with Crippen molar-refractivity contribution in [2.75, 3.05) is 0 Å². The molecule has 0 saturated heterocycles. The molecule has 1 aromatic carbocycles. The minimum atomic E-state index is 0.564. The first-order chi connectivity index (χ1) is 8.17. The van der Waals surface area contributed by atoms with Crippen molar-refractivity contribution in [2.45, 2.75) is 20.3 Å². The number of aromatic nitrogens is 2. The van der Waals surface area contributed by atoms with Crippen LogP contribution < -0.4 is 4.74 Å². The molecule has 0 N–H and O–H groups in total.